The van der Waals surface area contributed by atoms with Gasteiger partial charge in [0.15, 0.2) is 0 Å². The summed E-state index contributed by atoms with van der Waals surface area (Å²) in [7, 11) is 0. The van der Waals surface area contributed by atoms with Crippen LogP contribution in [0.5, 0.6) is 0 Å². The van der Waals surface area contributed by atoms with Crippen molar-refractivity contribution < 1.29 is 0 Å². The van der Waals surface area contributed by atoms with E-state index in [1.807, 2.05) is 6.20 Å². The van der Waals surface area contributed by atoms with E-state index in [9.17, 15) is 0 Å². The zero-order chi connectivity index (χ0) is 9.31. The summed E-state index contributed by atoms with van der Waals surface area (Å²) in [6.07, 6.45) is 5.86. The Morgan fingerprint density at radius 3 is 2.92 bits per heavy atom. The van der Waals surface area contributed by atoms with Crippen molar-refractivity contribution in [1.29, 1.82) is 0 Å². The Hall–Kier alpha value is 0.110. The molecule has 1 unspecified atom stereocenters. The first kappa shape index (κ1) is 9.66. The van der Waals surface area contributed by atoms with Gasteiger partial charge >= 0.3 is 0 Å². The third-order valence-electron chi connectivity index (χ3n) is 2.91. The predicted molar refractivity (Wildman–Crippen MR) is 60.4 cm³/mol. The van der Waals surface area contributed by atoms with Crippen LogP contribution in [0, 0.1) is 11.3 Å². The molecule has 2 rings (SSSR count). The maximum absolute atomic E-state index is 4.36. The number of halogens is 1. The Labute approximate surface area is 91.7 Å². The normalized spacial score (nSPS) is 21.4. The first-order valence-electron chi connectivity index (χ1n) is 4.69. The highest BCUT2D eigenvalue weighted by atomic mass is 79.9. The second-order valence-electron chi connectivity index (χ2n) is 4.16. The highest BCUT2D eigenvalue weighted by molar-refractivity contribution is 9.09. The van der Waals surface area contributed by atoms with Gasteiger partial charge in [-0.1, -0.05) is 22.9 Å². The quantitative estimate of drug-likeness (QED) is 0.755. The van der Waals surface area contributed by atoms with Crippen LogP contribution in [0.1, 0.15) is 24.8 Å². The van der Waals surface area contributed by atoms with E-state index in [-0.39, 0.29) is 0 Å². The number of hydrogen-bond donors (Lipinski definition) is 0. The summed E-state index contributed by atoms with van der Waals surface area (Å²) >= 11 is 5.41. The number of aromatic nitrogens is 1. The van der Waals surface area contributed by atoms with Crippen molar-refractivity contribution in [1.82, 2.24) is 4.98 Å². The highest BCUT2D eigenvalue weighted by Crippen LogP contribution is 2.48. The molecule has 0 aromatic carbocycles. The molecule has 72 valence electrons. The zero-order valence-electron chi connectivity index (χ0n) is 7.79. The third kappa shape index (κ3) is 2.13. The van der Waals surface area contributed by atoms with Gasteiger partial charge in [-0.3, -0.25) is 0 Å². The van der Waals surface area contributed by atoms with Crippen LogP contribution in [0.2, 0.25) is 0 Å². The van der Waals surface area contributed by atoms with Gasteiger partial charge in [-0.15, -0.1) is 11.3 Å². The molecule has 1 aliphatic rings. The molecule has 0 amide bonds. The van der Waals surface area contributed by atoms with E-state index < -0.39 is 0 Å². The average molecular weight is 260 g/mol. The van der Waals surface area contributed by atoms with Gasteiger partial charge in [0.2, 0.25) is 0 Å². The Morgan fingerprint density at radius 2 is 2.46 bits per heavy atom. The van der Waals surface area contributed by atoms with Crippen molar-refractivity contribution in [2.45, 2.75) is 26.2 Å². The molecule has 1 heterocycles. The van der Waals surface area contributed by atoms with Gasteiger partial charge in [0.1, 0.15) is 0 Å². The van der Waals surface area contributed by atoms with Gasteiger partial charge in [0, 0.05) is 23.3 Å². The van der Waals surface area contributed by atoms with Crippen LogP contribution in [-0.2, 0) is 6.42 Å². The predicted octanol–water partition coefficient (Wildman–Crippen LogP) is 3.50. The van der Waals surface area contributed by atoms with Gasteiger partial charge in [-0.2, -0.15) is 0 Å². The fourth-order valence-corrected chi connectivity index (χ4v) is 3.24. The minimum atomic E-state index is 0.442. The number of hydrogen-bond acceptors (Lipinski definition) is 2. The lowest BCUT2D eigenvalue weighted by atomic mass is 9.84. The molecule has 1 fully saturated rings. The summed E-state index contributed by atoms with van der Waals surface area (Å²) < 4.78 is 0. The number of alkyl halides is 1. The summed E-state index contributed by atoms with van der Waals surface area (Å²) in [4.78, 5) is 4.36. The SMILES string of the molecule is CC(CBr)(Cc1nccs1)C1CC1. The van der Waals surface area contributed by atoms with Gasteiger partial charge in [0.25, 0.3) is 0 Å². The molecule has 1 aliphatic carbocycles. The molecule has 13 heavy (non-hydrogen) atoms. The van der Waals surface area contributed by atoms with Crippen molar-refractivity contribution in [2.24, 2.45) is 11.3 Å². The van der Waals surface area contributed by atoms with E-state index in [1.165, 1.54) is 17.8 Å². The first-order valence-corrected chi connectivity index (χ1v) is 6.69. The zero-order valence-corrected chi connectivity index (χ0v) is 10.2. The molecule has 1 nitrogen and oxygen atoms in total. The van der Waals surface area contributed by atoms with Gasteiger partial charge < -0.3 is 0 Å². The number of rotatable bonds is 4. The molecule has 0 saturated heterocycles. The highest BCUT2D eigenvalue weighted by Gasteiger charge is 2.40. The van der Waals surface area contributed by atoms with Crippen LogP contribution in [0.3, 0.4) is 0 Å². The fourth-order valence-electron chi connectivity index (χ4n) is 1.77. The maximum Gasteiger partial charge on any atom is 0.0930 e. The molecule has 1 saturated carbocycles. The third-order valence-corrected chi connectivity index (χ3v) is 4.97. The van der Waals surface area contributed by atoms with Gasteiger partial charge in [0.05, 0.1) is 5.01 Å². The van der Waals surface area contributed by atoms with Crippen LogP contribution >= 0.6 is 27.3 Å². The van der Waals surface area contributed by atoms with E-state index in [2.05, 4.69) is 33.2 Å². The lowest BCUT2D eigenvalue weighted by Gasteiger charge is -2.25. The van der Waals surface area contributed by atoms with E-state index in [4.69, 9.17) is 0 Å². The molecular formula is C10H14BrNS. The molecule has 0 bridgehead atoms. The Balaban J connectivity index is 2.05. The Kier molecular flexibility index (Phi) is 2.75. The molecule has 0 aliphatic heterocycles. The number of nitrogens with zero attached hydrogens (tertiary/aromatic N) is 1. The molecule has 1 aromatic rings. The molecule has 0 radical (unpaired) electrons. The lowest BCUT2D eigenvalue weighted by molar-refractivity contribution is 0.318. The molecule has 1 aromatic heterocycles. The second-order valence-corrected chi connectivity index (χ2v) is 5.70. The van der Waals surface area contributed by atoms with E-state index >= 15 is 0 Å². The Bertz CT molecular complexity index is 268. The lowest BCUT2D eigenvalue weighted by Crippen LogP contribution is -2.23. The summed E-state index contributed by atoms with van der Waals surface area (Å²) in [6.45, 7) is 2.38. The molecular weight excluding hydrogens is 246 g/mol. The van der Waals surface area contributed by atoms with Crippen molar-refractivity contribution in [2.75, 3.05) is 5.33 Å². The van der Waals surface area contributed by atoms with Crippen LogP contribution in [0.15, 0.2) is 11.6 Å². The largest absolute Gasteiger partial charge is 0.250 e. The van der Waals surface area contributed by atoms with Gasteiger partial charge in [-0.25, -0.2) is 4.98 Å². The number of thiazole rings is 1. The Morgan fingerprint density at radius 1 is 1.69 bits per heavy atom. The standard InChI is InChI=1S/C10H14BrNS/c1-10(7-11,8-2-3-8)6-9-12-4-5-13-9/h4-5,8H,2-3,6-7H2,1H3. The molecule has 0 spiro atoms. The van der Waals surface area contributed by atoms with Crippen LogP contribution in [0.4, 0.5) is 0 Å². The van der Waals surface area contributed by atoms with Crippen LogP contribution < -0.4 is 0 Å². The summed E-state index contributed by atoms with van der Waals surface area (Å²) in [5.74, 6) is 0.927. The average Bonchev–Trinajstić information content (AvgIpc) is 2.88. The smallest absolute Gasteiger partial charge is 0.0930 e. The molecule has 1 atom stereocenters. The van der Waals surface area contributed by atoms with E-state index in [1.54, 1.807) is 11.3 Å². The topological polar surface area (TPSA) is 12.9 Å². The van der Waals surface area contributed by atoms with Gasteiger partial charge in [-0.05, 0) is 24.2 Å². The van der Waals surface area contributed by atoms with E-state index in [0.29, 0.717) is 5.41 Å². The monoisotopic (exact) mass is 259 g/mol. The summed E-state index contributed by atoms with van der Waals surface area (Å²) in [5, 5.41) is 4.45. The molecule has 0 N–H and O–H groups in total. The minimum absolute atomic E-state index is 0.442. The van der Waals surface area contributed by atoms with Crippen molar-refractivity contribution in [3.63, 3.8) is 0 Å². The second kappa shape index (κ2) is 3.70. The van der Waals surface area contributed by atoms with Crippen molar-refractivity contribution >= 4 is 27.3 Å². The maximum atomic E-state index is 4.36. The van der Waals surface area contributed by atoms with Crippen molar-refractivity contribution in [3.8, 4) is 0 Å². The van der Waals surface area contributed by atoms with E-state index in [0.717, 1.165) is 17.7 Å². The minimum Gasteiger partial charge on any atom is -0.250 e. The summed E-state index contributed by atoms with van der Waals surface area (Å²) in [5.41, 5.74) is 0.442. The van der Waals surface area contributed by atoms with Crippen LogP contribution in [0.25, 0.3) is 0 Å². The van der Waals surface area contributed by atoms with Crippen LogP contribution in [-0.4, -0.2) is 10.3 Å². The van der Waals surface area contributed by atoms with Crippen molar-refractivity contribution in [3.05, 3.63) is 16.6 Å². The molecule has 3 heteroatoms. The fraction of sp³-hybridized carbons (Fsp3) is 0.700. The summed E-state index contributed by atoms with van der Waals surface area (Å²) in [6, 6.07) is 0. The first-order chi connectivity index (χ1) is 6.24.